The average molecular weight is 264 g/mol. The molecule has 2 aromatic carbocycles. The number of ketones is 1. The monoisotopic (exact) mass is 264 g/mol. The van der Waals surface area contributed by atoms with Gasteiger partial charge < -0.3 is 0 Å². The number of aryl methyl sites for hydroxylation is 1. The first-order chi connectivity index (χ1) is 8.97. The van der Waals surface area contributed by atoms with Crippen LogP contribution in [0.5, 0.6) is 0 Å². The maximum Gasteiger partial charge on any atom is 0.167 e. The number of halogens is 3. The van der Waals surface area contributed by atoms with Crippen molar-refractivity contribution >= 4 is 5.78 Å². The first-order valence-electron chi connectivity index (χ1n) is 5.70. The summed E-state index contributed by atoms with van der Waals surface area (Å²) in [5, 5.41) is 0. The van der Waals surface area contributed by atoms with Crippen LogP contribution in [0.4, 0.5) is 13.2 Å². The molecule has 0 fully saturated rings. The summed E-state index contributed by atoms with van der Waals surface area (Å²) in [7, 11) is 0. The molecule has 4 heteroatoms. The van der Waals surface area contributed by atoms with Crippen LogP contribution in [0, 0.1) is 24.4 Å². The van der Waals surface area contributed by atoms with Gasteiger partial charge in [-0.2, -0.15) is 0 Å². The fourth-order valence-electron chi connectivity index (χ4n) is 1.86. The summed E-state index contributed by atoms with van der Waals surface area (Å²) in [6, 6.07) is 7.55. The van der Waals surface area contributed by atoms with E-state index in [0.29, 0.717) is 5.56 Å². The summed E-state index contributed by atoms with van der Waals surface area (Å²) in [5.74, 6) is -3.01. The van der Waals surface area contributed by atoms with E-state index in [1.54, 1.807) is 6.92 Å². The molecule has 0 radical (unpaired) electrons. The highest BCUT2D eigenvalue weighted by molar-refractivity contribution is 5.97. The van der Waals surface area contributed by atoms with Crippen molar-refractivity contribution in [1.82, 2.24) is 0 Å². The molecule has 0 bridgehead atoms. The van der Waals surface area contributed by atoms with Crippen LogP contribution >= 0.6 is 0 Å². The van der Waals surface area contributed by atoms with Gasteiger partial charge in [0.05, 0.1) is 0 Å². The molecule has 0 saturated heterocycles. The quantitative estimate of drug-likeness (QED) is 0.770. The van der Waals surface area contributed by atoms with Crippen molar-refractivity contribution in [2.24, 2.45) is 0 Å². The summed E-state index contributed by atoms with van der Waals surface area (Å²) in [6.45, 7) is 1.66. The summed E-state index contributed by atoms with van der Waals surface area (Å²) >= 11 is 0. The maximum atomic E-state index is 13.4. The minimum atomic E-state index is -1.04. The Hall–Kier alpha value is -2.10. The lowest BCUT2D eigenvalue weighted by Gasteiger charge is -2.05. The third kappa shape index (κ3) is 3.02. The predicted octanol–water partition coefficient (Wildman–Crippen LogP) is 3.84. The van der Waals surface area contributed by atoms with Crippen LogP contribution in [0.2, 0.25) is 0 Å². The molecule has 0 amide bonds. The molecule has 0 N–H and O–H groups in total. The Bertz CT molecular complexity index is 615. The highest BCUT2D eigenvalue weighted by Crippen LogP contribution is 2.16. The molecule has 0 spiro atoms. The van der Waals surface area contributed by atoms with E-state index in [1.807, 2.05) is 0 Å². The minimum absolute atomic E-state index is 0.0353. The first kappa shape index (κ1) is 13.3. The van der Waals surface area contributed by atoms with Crippen LogP contribution in [0.15, 0.2) is 36.4 Å². The van der Waals surface area contributed by atoms with Crippen molar-refractivity contribution in [3.63, 3.8) is 0 Å². The average Bonchev–Trinajstić information content (AvgIpc) is 2.33. The number of hydrogen-bond acceptors (Lipinski definition) is 1. The Labute approximate surface area is 108 Å². The van der Waals surface area contributed by atoms with Gasteiger partial charge >= 0.3 is 0 Å². The molecule has 2 rings (SSSR count). The number of benzene rings is 2. The van der Waals surface area contributed by atoms with Gasteiger partial charge in [-0.1, -0.05) is 12.1 Å². The zero-order chi connectivity index (χ0) is 14.0. The van der Waals surface area contributed by atoms with Gasteiger partial charge in [0.15, 0.2) is 17.4 Å². The molecule has 2 aromatic rings. The van der Waals surface area contributed by atoms with Crippen LogP contribution in [0.25, 0.3) is 0 Å². The van der Waals surface area contributed by atoms with Gasteiger partial charge in [0.2, 0.25) is 0 Å². The Morgan fingerprint density at radius 3 is 2.53 bits per heavy atom. The molecule has 0 aliphatic heterocycles. The fourth-order valence-corrected chi connectivity index (χ4v) is 1.86. The van der Waals surface area contributed by atoms with Crippen LogP contribution < -0.4 is 0 Å². The smallest absolute Gasteiger partial charge is 0.167 e. The normalized spacial score (nSPS) is 10.5. The second kappa shape index (κ2) is 5.26. The van der Waals surface area contributed by atoms with Gasteiger partial charge in [-0.15, -0.1) is 0 Å². The maximum absolute atomic E-state index is 13.4. The largest absolute Gasteiger partial charge is 0.294 e. The third-order valence-corrected chi connectivity index (χ3v) is 2.75. The first-order valence-corrected chi connectivity index (χ1v) is 5.70. The molecule has 0 aliphatic rings. The zero-order valence-corrected chi connectivity index (χ0v) is 10.2. The van der Waals surface area contributed by atoms with Gasteiger partial charge in [0.1, 0.15) is 5.82 Å². The zero-order valence-electron chi connectivity index (χ0n) is 10.2. The van der Waals surface area contributed by atoms with Gasteiger partial charge in [-0.05, 0) is 42.3 Å². The molecule has 19 heavy (non-hydrogen) atoms. The Balaban J connectivity index is 2.28. The standard InChI is InChI=1S/C15H11F3O/c1-9-5-11(7-12(16)6-9)14(19)8-10-3-2-4-13(17)15(10)18/h2-7H,8H2,1H3. The van der Waals surface area contributed by atoms with Crippen molar-refractivity contribution in [2.75, 3.05) is 0 Å². The number of Topliss-reactive ketones (excluding diaryl/α,β-unsaturated/α-hetero) is 1. The Morgan fingerprint density at radius 2 is 1.84 bits per heavy atom. The number of rotatable bonds is 3. The van der Waals surface area contributed by atoms with E-state index in [9.17, 15) is 18.0 Å². The van der Waals surface area contributed by atoms with Crippen molar-refractivity contribution < 1.29 is 18.0 Å². The van der Waals surface area contributed by atoms with Crippen molar-refractivity contribution in [3.05, 3.63) is 70.5 Å². The molecule has 0 heterocycles. The molecular weight excluding hydrogens is 253 g/mol. The van der Waals surface area contributed by atoms with Crippen LogP contribution in [-0.2, 0) is 6.42 Å². The van der Waals surface area contributed by atoms with E-state index < -0.39 is 23.2 Å². The van der Waals surface area contributed by atoms with E-state index in [0.717, 1.165) is 12.1 Å². The van der Waals surface area contributed by atoms with Crippen LogP contribution in [0.3, 0.4) is 0 Å². The second-order valence-electron chi connectivity index (χ2n) is 4.33. The van der Waals surface area contributed by atoms with Crippen LogP contribution in [-0.4, -0.2) is 5.78 Å². The fraction of sp³-hybridized carbons (Fsp3) is 0.133. The summed E-state index contributed by atoms with van der Waals surface area (Å²) in [4.78, 5) is 11.9. The summed E-state index contributed by atoms with van der Waals surface area (Å²) in [6.07, 6.45) is -0.299. The van der Waals surface area contributed by atoms with Gasteiger partial charge in [0.25, 0.3) is 0 Å². The highest BCUT2D eigenvalue weighted by Gasteiger charge is 2.14. The predicted molar refractivity (Wildman–Crippen MR) is 65.5 cm³/mol. The molecule has 1 nitrogen and oxygen atoms in total. The second-order valence-corrected chi connectivity index (χ2v) is 4.33. The highest BCUT2D eigenvalue weighted by atomic mass is 19.2. The van der Waals surface area contributed by atoms with Crippen molar-refractivity contribution in [1.29, 1.82) is 0 Å². The Morgan fingerprint density at radius 1 is 1.11 bits per heavy atom. The Kier molecular flexibility index (Phi) is 3.69. The minimum Gasteiger partial charge on any atom is -0.294 e. The third-order valence-electron chi connectivity index (χ3n) is 2.75. The molecule has 98 valence electrons. The lowest BCUT2D eigenvalue weighted by Crippen LogP contribution is -2.07. The van der Waals surface area contributed by atoms with E-state index in [-0.39, 0.29) is 17.5 Å². The van der Waals surface area contributed by atoms with Gasteiger partial charge in [-0.25, -0.2) is 13.2 Å². The van der Waals surface area contributed by atoms with E-state index >= 15 is 0 Å². The van der Waals surface area contributed by atoms with Crippen LogP contribution in [0.1, 0.15) is 21.5 Å². The van der Waals surface area contributed by atoms with Gasteiger partial charge in [-0.3, -0.25) is 4.79 Å². The SMILES string of the molecule is Cc1cc(F)cc(C(=O)Cc2cccc(F)c2F)c1. The van der Waals surface area contributed by atoms with Gasteiger partial charge in [0, 0.05) is 12.0 Å². The molecule has 0 atom stereocenters. The number of carbonyl (C=O) groups excluding carboxylic acids is 1. The number of hydrogen-bond donors (Lipinski definition) is 0. The topological polar surface area (TPSA) is 17.1 Å². The summed E-state index contributed by atoms with van der Waals surface area (Å²) in [5.41, 5.74) is 0.719. The number of carbonyl (C=O) groups is 1. The molecule has 0 unspecified atom stereocenters. The lowest BCUT2D eigenvalue weighted by atomic mass is 10.0. The van der Waals surface area contributed by atoms with Crippen molar-refractivity contribution in [2.45, 2.75) is 13.3 Å². The van der Waals surface area contributed by atoms with Crippen molar-refractivity contribution in [3.8, 4) is 0 Å². The van der Waals surface area contributed by atoms with E-state index in [1.165, 1.54) is 24.3 Å². The molecule has 0 saturated carbocycles. The molecular formula is C15H11F3O. The molecule has 0 aromatic heterocycles. The molecule has 0 aliphatic carbocycles. The lowest BCUT2D eigenvalue weighted by molar-refractivity contribution is 0.0991. The van der Waals surface area contributed by atoms with E-state index in [2.05, 4.69) is 0 Å². The summed E-state index contributed by atoms with van der Waals surface area (Å²) < 4.78 is 39.6. The van der Waals surface area contributed by atoms with E-state index in [4.69, 9.17) is 0 Å².